The second kappa shape index (κ2) is 11.7. The van der Waals surface area contributed by atoms with Crippen LogP contribution in [0.4, 0.5) is 0 Å². The molecule has 2 fully saturated rings. The van der Waals surface area contributed by atoms with Crippen LogP contribution in [0.15, 0.2) is 50.8 Å². The molecule has 1 spiro atoms. The third-order valence-electron chi connectivity index (χ3n) is 7.46. The number of ether oxygens (including phenoxy) is 2. The zero-order chi connectivity index (χ0) is 29.4. The minimum atomic E-state index is -3.84. The molecule has 2 aliphatic rings. The van der Waals surface area contributed by atoms with E-state index in [1.54, 1.807) is 12.1 Å². The first kappa shape index (κ1) is 30.1. The summed E-state index contributed by atoms with van der Waals surface area (Å²) in [5.41, 5.74) is -0.144. The molecule has 2 N–H and O–H groups in total. The van der Waals surface area contributed by atoms with Crippen LogP contribution in [0, 0.1) is 0 Å². The van der Waals surface area contributed by atoms with Crippen LogP contribution in [0.3, 0.4) is 0 Å². The molecule has 13 nitrogen and oxygen atoms in total. The van der Waals surface area contributed by atoms with Crippen molar-refractivity contribution < 1.29 is 36.0 Å². The van der Waals surface area contributed by atoms with E-state index in [0.717, 1.165) is 4.31 Å². The average molecular weight is 630 g/mol. The Balaban J connectivity index is 1.10. The minimum absolute atomic E-state index is 0.00300. The summed E-state index contributed by atoms with van der Waals surface area (Å²) in [6, 6.07) is 9.00. The molecule has 0 amide bonds. The van der Waals surface area contributed by atoms with Crippen molar-refractivity contribution in [1.29, 1.82) is 0 Å². The number of halogens is 1. The fraction of sp³-hybridized carbons (Fsp3) is 0.520. The lowest BCUT2D eigenvalue weighted by Gasteiger charge is -2.38. The molecule has 0 aliphatic carbocycles. The maximum Gasteiger partial charge on any atom is 0.245 e. The first-order chi connectivity index (χ1) is 19.4. The predicted molar refractivity (Wildman–Crippen MR) is 149 cm³/mol. The number of fused-ring (bicyclic) bond motifs is 1. The number of nitrogens with one attached hydrogen (secondary N) is 1. The molecule has 2 aliphatic heterocycles. The fourth-order valence-corrected chi connectivity index (χ4v) is 7.79. The SMILES string of the molecule is CN(C)S(=O)(=O)c1cccc(OC[C@@H](O)CNC2COC3(CCN(S(=O)(=O)c4ccc(Cl)c5nonc45)CC3)C2)c1. The van der Waals surface area contributed by atoms with Gasteiger partial charge in [-0.1, -0.05) is 17.7 Å². The van der Waals surface area contributed by atoms with E-state index in [1.165, 1.54) is 42.7 Å². The molecule has 2 saturated heterocycles. The number of benzene rings is 2. The summed E-state index contributed by atoms with van der Waals surface area (Å²) in [6.07, 6.45) is 0.888. The van der Waals surface area contributed by atoms with Gasteiger partial charge in [-0.25, -0.2) is 25.8 Å². The van der Waals surface area contributed by atoms with Crippen molar-refractivity contribution in [3.8, 4) is 5.75 Å². The highest BCUT2D eigenvalue weighted by atomic mass is 35.5. The summed E-state index contributed by atoms with van der Waals surface area (Å²) in [5.74, 6) is 0.344. The van der Waals surface area contributed by atoms with Gasteiger partial charge in [-0.3, -0.25) is 0 Å². The van der Waals surface area contributed by atoms with Gasteiger partial charge in [0.1, 0.15) is 23.4 Å². The maximum atomic E-state index is 13.4. The smallest absolute Gasteiger partial charge is 0.245 e. The number of aromatic nitrogens is 2. The van der Waals surface area contributed by atoms with Crippen molar-refractivity contribution in [2.45, 2.75) is 46.8 Å². The molecule has 1 aromatic heterocycles. The van der Waals surface area contributed by atoms with E-state index in [2.05, 4.69) is 15.6 Å². The number of hydrogen-bond donors (Lipinski definition) is 2. The Labute approximate surface area is 243 Å². The molecule has 2 atom stereocenters. The second-order valence-corrected chi connectivity index (χ2v) is 14.9. The molecule has 0 radical (unpaired) electrons. The third kappa shape index (κ3) is 6.22. The highest BCUT2D eigenvalue weighted by Crippen LogP contribution is 2.38. The van der Waals surface area contributed by atoms with Crippen LogP contribution in [-0.2, 0) is 24.8 Å². The van der Waals surface area contributed by atoms with E-state index in [1.807, 2.05) is 0 Å². The average Bonchev–Trinajstić information content (AvgIpc) is 3.59. The molecular formula is C25H32ClN5O8S2. The Morgan fingerprint density at radius 1 is 1.17 bits per heavy atom. The van der Waals surface area contributed by atoms with Crippen molar-refractivity contribution in [3.63, 3.8) is 0 Å². The lowest BCUT2D eigenvalue weighted by atomic mass is 9.88. The zero-order valence-corrected chi connectivity index (χ0v) is 25.0. The van der Waals surface area contributed by atoms with Gasteiger partial charge >= 0.3 is 0 Å². The van der Waals surface area contributed by atoms with E-state index in [-0.39, 0.29) is 58.1 Å². The highest BCUT2D eigenvalue weighted by Gasteiger charge is 2.45. The van der Waals surface area contributed by atoms with Crippen LogP contribution in [0.2, 0.25) is 5.02 Å². The molecule has 41 heavy (non-hydrogen) atoms. The molecular weight excluding hydrogens is 598 g/mol. The van der Waals surface area contributed by atoms with E-state index in [4.69, 9.17) is 25.7 Å². The Bertz CT molecular complexity index is 1610. The lowest BCUT2D eigenvalue weighted by Crippen LogP contribution is -2.47. The topological polar surface area (TPSA) is 164 Å². The molecule has 1 unspecified atom stereocenters. The molecule has 3 aromatic rings. The molecule has 2 aromatic carbocycles. The number of sulfonamides is 2. The van der Waals surface area contributed by atoms with Gasteiger partial charge in [0.2, 0.25) is 20.0 Å². The monoisotopic (exact) mass is 629 g/mol. The Morgan fingerprint density at radius 3 is 2.63 bits per heavy atom. The van der Waals surface area contributed by atoms with Crippen LogP contribution >= 0.6 is 11.6 Å². The van der Waals surface area contributed by atoms with Gasteiger partial charge in [0, 0.05) is 45.8 Å². The van der Waals surface area contributed by atoms with E-state index < -0.39 is 31.8 Å². The summed E-state index contributed by atoms with van der Waals surface area (Å²) in [7, 11) is -4.53. The summed E-state index contributed by atoms with van der Waals surface area (Å²) in [5, 5.41) is 21.5. The largest absolute Gasteiger partial charge is 0.491 e. The van der Waals surface area contributed by atoms with Crippen LogP contribution in [-0.4, -0.2) is 106 Å². The van der Waals surface area contributed by atoms with Crippen LogP contribution in [0.25, 0.3) is 11.0 Å². The first-order valence-corrected chi connectivity index (χ1v) is 16.3. The van der Waals surface area contributed by atoms with Crippen molar-refractivity contribution >= 4 is 42.7 Å². The van der Waals surface area contributed by atoms with Gasteiger partial charge in [0.25, 0.3) is 0 Å². The van der Waals surface area contributed by atoms with E-state index >= 15 is 0 Å². The summed E-state index contributed by atoms with van der Waals surface area (Å²) < 4.78 is 70.4. The maximum absolute atomic E-state index is 13.4. The predicted octanol–water partition coefficient (Wildman–Crippen LogP) is 1.47. The number of aliphatic hydroxyl groups excluding tert-OH is 1. The number of hydrogen-bond acceptors (Lipinski definition) is 11. The summed E-state index contributed by atoms with van der Waals surface area (Å²) >= 11 is 6.09. The van der Waals surface area contributed by atoms with Gasteiger partial charge in [0.15, 0.2) is 11.0 Å². The Hall–Kier alpha value is -2.37. The van der Waals surface area contributed by atoms with Gasteiger partial charge < -0.3 is 19.9 Å². The van der Waals surface area contributed by atoms with Gasteiger partial charge in [-0.15, -0.1) is 0 Å². The highest BCUT2D eigenvalue weighted by molar-refractivity contribution is 7.89. The first-order valence-electron chi connectivity index (χ1n) is 13.0. The van der Waals surface area contributed by atoms with Crippen molar-refractivity contribution in [2.75, 3.05) is 46.9 Å². The van der Waals surface area contributed by atoms with Crippen LogP contribution < -0.4 is 10.1 Å². The van der Waals surface area contributed by atoms with Crippen LogP contribution in [0.5, 0.6) is 5.75 Å². The van der Waals surface area contributed by atoms with Gasteiger partial charge in [-0.05, 0) is 53.8 Å². The standard InChI is InChI=1S/C25H32ClN5O8S2/c1-30(2)40(33,34)20-5-3-4-19(12-20)37-16-18(32)14-27-17-13-25(38-15-17)8-10-31(11-9-25)41(35,36)22-7-6-21(26)23-24(22)29-39-28-23/h3-7,12,17-18,27,32H,8-11,13-16H2,1-2H3/t17?,18-/m0/s1. The van der Waals surface area contributed by atoms with E-state index in [0.29, 0.717) is 31.6 Å². The minimum Gasteiger partial charge on any atom is -0.491 e. The molecule has 5 rings (SSSR count). The van der Waals surface area contributed by atoms with Crippen molar-refractivity contribution in [3.05, 3.63) is 41.4 Å². The summed E-state index contributed by atoms with van der Waals surface area (Å²) in [4.78, 5) is 0.111. The fourth-order valence-electron chi connectivity index (χ4n) is 5.11. The molecule has 224 valence electrons. The summed E-state index contributed by atoms with van der Waals surface area (Å²) in [6.45, 7) is 1.22. The number of piperidine rings is 1. The third-order valence-corrected chi connectivity index (χ3v) is 11.5. The number of rotatable bonds is 10. The molecule has 3 heterocycles. The number of aliphatic hydroxyl groups is 1. The number of nitrogens with zero attached hydrogens (tertiary/aromatic N) is 4. The van der Waals surface area contributed by atoms with E-state index in [9.17, 15) is 21.9 Å². The van der Waals surface area contributed by atoms with Crippen molar-refractivity contribution in [2.24, 2.45) is 0 Å². The second-order valence-electron chi connectivity index (χ2n) is 10.4. The normalized spacial score (nSPS) is 20.7. The molecule has 0 saturated carbocycles. The quantitative estimate of drug-likeness (QED) is 0.334. The van der Waals surface area contributed by atoms with Gasteiger partial charge in [-0.2, -0.15) is 4.31 Å². The molecule has 0 bridgehead atoms. The lowest BCUT2D eigenvalue weighted by molar-refractivity contribution is -0.0312. The van der Waals surface area contributed by atoms with Crippen molar-refractivity contribution in [1.82, 2.24) is 24.2 Å². The molecule has 16 heteroatoms. The Morgan fingerprint density at radius 2 is 1.90 bits per heavy atom. The van der Waals surface area contributed by atoms with Gasteiger partial charge in [0.05, 0.1) is 22.1 Å². The Kier molecular flexibility index (Phi) is 8.61. The zero-order valence-electron chi connectivity index (χ0n) is 22.6. The van der Waals surface area contributed by atoms with Crippen LogP contribution in [0.1, 0.15) is 19.3 Å².